The van der Waals surface area contributed by atoms with Crippen molar-refractivity contribution >= 4 is 53.1 Å². The maximum Gasteiger partial charge on any atom is 0.411 e. The maximum absolute atomic E-state index is 11.3. The van der Waals surface area contributed by atoms with Crippen LogP contribution in [-0.2, 0) is 16.0 Å². The molecule has 0 saturated carbocycles. The molecule has 0 spiro atoms. The van der Waals surface area contributed by atoms with Gasteiger partial charge in [0, 0.05) is 43.8 Å². The first-order valence-electron chi connectivity index (χ1n) is 9.93. The Kier molecular flexibility index (Phi) is 11.1. The number of hydrogen-bond acceptors (Lipinski definition) is 6. The molecule has 1 saturated heterocycles. The topological polar surface area (TPSA) is 87.2 Å². The van der Waals surface area contributed by atoms with Crippen molar-refractivity contribution in [2.45, 2.75) is 12.6 Å². The average molecular weight is 559 g/mol. The van der Waals surface area contributed by atoms with E-state index in [-0.39, 0.29) is 30.0 Å². The highest BCUT2D eigenvalue weighted by Gasteiger charge is 2.23. The highest BCUT2D eigenvalue weighted by molar-refractivity contribution is 14.0. The normalized spacial score (nSPS) is 15.5. The minimum Gasteiger partial charge on any atom is -0.453 e. The number of amides is 1. The molecule has 170 valence electrons. The first-order chi connectivity index (χ1) is 14.7. The van der Waals surface area contributed by atoms with Crippen molar-refractivity contribution in [1.29, 1.82) is 0 Å². The van der Waals surface area contributed by atoms with Crippen molar-refractivity contribution in [2.75, 3.05) is 52.3 Å². The zero-order chi connectivity index (χ0) is 21.2. The number of nitrogens with zero attached hydrogens (tertiary/aromatic N) is 2. The number of hydrogen-bond donors (Lipinski definition) is 3. The van der Waals surface area contributed by atoms with E-state index in [2.05, 4.69) is 48.1 Å². The zero-order valence-electron chi connectivity index (χ0n) is 17.8. The second-order valence-corrected chi connectivity index (χ2v) is 7.78. The average Bonchev–Trinajstić information content (AvgIpc) is 3.32. The molecule has 31 heavy (non-hydrogen) atoms. The fourth-order valence-electron chi connectivity index (χ4n) is 3.25. The number of carbonyl (C=O) groups is 1. The molecule has 1 aromatic carbocycles. The number of anilines is 1. The van der Waals surface area contributed by atoms with Crippen molar-refractivity contribution in [2.24, 2.45) is 4.99 Å². The lowest BCUT2D eigenvalue weighted by atomic mass is 10.2. The van der Waals surface area contributed by atoms with Crippen LogP contribution in [0.1, 0.15) is 16.5 Å². The molecule has 0 radical (unpaired) electrons. The Balaban J connectivity index is 0.00000341. The minimum atomic E-state index is -0.481. The molecule has 1 atom stereocenters. The van der Waals surface area contributed by atoms with Gasteiger partial charge < -0.3 is 20.1 Å². The van der Waals surface area contributed by atoms with E-state index in [9.17, 15) is 4.79 Å². The molecule has 0 bridgehead atoms. The van der Waals surface area contributed by atoms with Crippen LogP contribution in [0, 0.1) is 0 Å². The van der Waals surface area contributed by atoms with Crippen LogP contribution >= 0.6 is 35.3 Å². The van der Waals surface area contributed by atoms with Crippen molar-refractivity contribution in [3.8, 4) is 0 Å². The summed E-state index contributed by atoms with van der Waals surface area (Å²) in [4.78, 5) is 19.4. The van der Waals surface area contributed by atoms with E-state index in [1.54, 1.807) is 18.4 Å². The molecular formula is C21H30IN5O3S. The van der Waals surface area contributed by atoms with E-state index in [1.165, 1.54) is 12.0 Å². The van der Waals surface area contributed by atoms with Crippen LogP contribution in [0.4, 0.5) is 10.5 Å². The summed E-state index contributed by atoms with van der Waals surface area (Å²) in [6.45, 7) is 4.80. The van der Waals surface area contributed by atoms with E-state index < -0.39 is 6.09 Å². The van der Waals surface area contributed by atoms with E-state index >= 15 is 0 Å². The predicted molar refractivity (Wildman–Crippen MR) is 136 cm³/mol. The van der Waals surface area contributed by atoms with Gasteiger partial charge in [0.25, 0.3) is 0 Å². The molecule has 3 rings (SSSR count). The Morgan fingerprint density at radius 2 is 1.97 bits per heavy atom. The second-order valence-electron chi connectivity index (χ2n) is 6.80. The molecule has 1 unspecified atom stereocenters. The summed E-state index contributed by atoms with van der Waals surface area (Å²) in [5.74, 6) is 0.751. The van der Waals surface area contributed by atoms with E-state index in [4.69, 9.17) is 4.74 Å². The number of halogens is 1. The molecule has 1 fully saturated rings. The highest BCUT2D eigenvalue weighted by Crippen LogP contribution is 2.25. The lowest BCUT2D eigenvalue weighted by Crippen LogP contribution is -2.46. The number of morpholine rings is 1. The van der Waals surface area contributed by atoms with Gasteiger partial charge in [-0.25, -0.2) is 4.79 Å². The standard InChI is InChI=1S/C21H29N5O3S.HI/c1-22-20(23-14-16-5-7-17(8-6-16)25-21(27)28-2)24-15-18(19-4-3-13-30-19)26-9-11-29-12-10-26;/h3-8,13,18H,9-12,14-15H2,1-2H3,(H,25,27)(H2,22,23,24);1H. The van der Waals surface area contributed by atoms with Gasteiger partial charge in [0.05, 0.1) is 26.4 Å². The van der Waals surface area contributed by atoms with Crippen molar-refractivity contribution in [1.82, 2.24) is 15.5 Å². The smallest absolute Gasteiger partial charge is 0.411 e. The Morgan fingerprint density at radius 3 is 2.58 bits per heavy atom. The summed E-state index contributed by atoms with van der Waals surface area (Å²) >= 11 is 1.78. The van der Waals surface area contributed by atoms with Crippen LogP contribution in [0.25, 0.3) is 0 Å². The van der Waals surface area contributed by atoms with Gasteiger partial charge in [-0.15, -0.1) is 35.3 Å². The molecule has 3 N–H and O–H groups in total. The van der Waals surface area contributed by atoms with Crippen LogP contribution in [-0.4, -0.2) is 64.0 Å². The van der Waals surface area contributed by atoms with E-state index in [0.717, 1.165) is 44.4 Å². The molecule has 10 heteroatoms. The molecule has 1 aromatic heterocycles. The Morgan fingerprint density at radius 1 is 1.23 bits per heavy atom. The molecule has 2 aromatic rings. The molecule has 2 heterocycles. The third-order valence-electron chi connectivity index (χ3n) is 4.89. The quantitative estimate of drug-likeness (QED) is 0.274. The van der Waals surface area contributed by atoms with Crippen molar-refractivity contribution in [3.05, 3.63) is 52.2 Å². The summed E-state index contributed by atoms with van der Waals surface area (Å²) in [5.41, 5.74) is 1.77. The second kappa shape index (κ2) is 13.5. The Bertz CT molecular complexity index is 811. The van der Waals surface area contributed by atoms with E-state index in [0.29, 0.717) is 12.2 Å². The third-order valence-corrected chi connectivity index (χ3v) is 5.86. The van der Waals surface area contributed by atoms with Gasteiger partial charge in [0.15, 0.2) is 5.96 Å². The summed E-state index contributed by atoms with van der Waals surface area (Å²) in [7, 11) is 3.11. The van der Waals surface area contributed by atoms with Gasteiger partial charge in [0.2, 0.25) is 0 Å². The van der Waals surface area contributed by atoms with Crippen molar-refractivity contribution in [3.63, 3.8) is 0 Å². The number of ether oxygens (including phenoxy) is 2. The summed E-state index contributed by atoms with van der Waals surface area (Å²) < 4.78 is 10.1. The number of rotatable bonds is 7. The van der Waals surface area contributed by atoms with Gasteiger partial charge in [-0.05, 0) is 29.1 Å². The number of thiophene rings is 1. The largest absolute Gasteiger partial charge is 0.453 e. The highest BCUT2D eigenvalue weighted by atomic mass is 127. The first-order valence-corrected chi connectivity index (χ1v) is 10.8. The van der Waals surface area contributed by atoms with Crippen LogP contribution in [0.15, 0.2) is 46.8 Å². The zero-order valence-corrected chi connectivity index (χ0v) is 20.9. The van der Waals surface area contributed by atoms with Gasteiger partial charge in [0.1, 0.15) is 0 Å². The van der Waals surface area contributed by atoms with Gasteiger partial charge >= 0.3 is 6.09 Å². The predicted octanol–water partition coefficient (Wildman–Crippen LogP) is 3.28. The summed E-state index contributed by atoms with van der Waals surface area (Å²) in [6, 6.07) is 12.2. The van der Waals surface area contributed by atoms with Gasteiger partial charge in [-0.1, -0.05) is 18.2 Å². The van der Waals surface area contributed by atoms with Gasteiger partial charge in [-0.3, -0.25) is 15.2 Å². The lowest BCUT2D eigenvalue weighted by molar-refractivity contribution is 0.0177. The van der Waals surface area contributed by atoms with Crippen LogP contribution in [0.3, 0.4) is 0 Å². The van der Waals surface area contributed by atoms with Crippen LogP contribution in [0.2, 0.25) is 0 Å². The summed E-state index contributed by atoms with van der Waals surface area (Å²) in [5, 5.41) is 11.6. The van der Waals surface area contributed by atoms with E-state index in [1.807, 2.05) is 24.3 Å². The number of nitrogens with one attached hydrogen (secondary N) is 3. The number of benzene rings is 1. The third kappa shape index (κ3) is 7.95. The maximum atomic E-state index is 11.3. The SMILES string of the molecule is CN=C(NCc1ccc(NC(=O)OC)cc1)NCC(c1cccs1)N1CCOCC1.I. The number of methoxy groups -OCH3 is 1. The van der Waals surface area contributed by atoms with Crippen LogP contribution < -0.4 is 16.0 Å². The van der Waals surface area contributed by atoms with Crippen LogP contribution in [0.5, 0.6) is 0 Å². The fourth-order valence-corrected chi connectivity index (χ4v) is 4.12. The molecule has 8 nitrogen and oxygen atoms in total. The Hall–Kier alpha value is -1.89. The monoisotopic (exact) mass is 559 g/mol. The number of guanidine groups is 1. The Labute approximate surface area is 204 Å². The first kappa shape index (κ1) is 25.4. The molecule has 1 aliphatic heterocycles. The minimum absolute atomic E-state index is 0. The summed E-state index contributed by atoms with van der Waals surface area (Å²) in [6.07, 6.45) is -0.481. The molecule has 1 amide bonds. The van der Waals surface area contributed by atoms with Crippen molar-refractivity contribution < 1.29 is 14.3 Å². The lowest BCUT2D eigenvalue weighted by Gasteiger charge is -2.34. The fraction of sp³-hybridized carbons (Fsp3) is 0.429. The number of aliphatic imine (C=N–C) groups is 1. The molecule has 1 aliphatic rings. The molecule has 0 aliphatic carbocycles. The van der Waals surface area contributed by atoms with Gasteiger partial charge in [-0.2, -0.15) is 0 Å². The molecular weight excluding hydrogens is 529 g/mol. The number of carbonyl (C=O) groups excluding carboxylic acids is 1.